The van der Waals surface area contributed by atoms with Crippen LogP contribution in [0.1, 0.15) is 17.8 Å². The van der Waals surface area contributed by atoms with E-state index in [1.165, 1.54) is 4.88 Å². The van der Waals surface area contributed by atoms with Crippen molar-refractivity contribution in [1.29, 1.82) is 0 Å². The fourth-order valence-corrected chi connectivity index (χ4v) is 3.88. The maximum absolute atomic E-state index is 6.13. The van der Waals surface area contributed by atoms with E-state index in [2.05, 4.69) is 34.2 Å². The Balaban J connectivity index is 2.24. The molecule has 1 aromatic heterocycles. The third-order valence-corrected chi connectivity index (χ3v) is 5.01. The van der Waals surface area contributed by atoms with Crippen LogP contribution in [0.15, 0.2) is 28.1 Å². The second-order valence-electron chi connectivity index (χ2n) is 3.75. The first kappa shape index (κ1) is 14.5. The van der Waals surface area contributed by atoms with Crippen LogP contribution in [0.5, 0.6) is 0 Å². The van der Waals surface area contributed by atoms with E-state index in [-0.39, 0.29) is 6.04 Å². The highest BCUT2D eigenvalue weighted by Crippen LogP contribution is 2.37. The molecule has 1 nitrogen and oxygen atoms in total. The van der Waals surface area contributed by atoms with Gasteiger partial charge in [0.1, 0.15) is 0 Å². The quantitative estimate of drug-likeness (QED) is 0.624. The first-order valence-electron chi connectivity index (χ1n) is 5.13. The monoisotopic (exact) mass is 383 g/mol. The van der Waals surface area contributed by atoms with Crippen LogP contribution in [0.2, 0.25) is 15.1 Å². The molecular formula is C12H9BrCl3NS. The lowest BCUT2D eigenvalue weighted by molar-refractivity contribution is 0.908. The molecule has 0 saturated heterocycles. The summed E-state index contributed by atoms with van der Waals surface area (Å²) in [6, 6.07) is 7.55. The summed E-state index contributed by atoms with van der Waals surface area (Å²) in [5.41, 5.74) is 0.708. The summed E-state index contributed by atoms with van der Waals surface area (Å²) in [4.78, 5) is 1.20. The van der Waals surface area contributed by atoms with Crippen LogP contribution in [0.3, 0.4) is 0 Å². The van der Waals surface area contributed by atoms with Crippen LogP contribution in [0, 0.1) is 0 Å². The number of benzene rings is 1. The third kappa shape index (κ3) is 3.34. The summed E-state index contributed by atoms with van der Waals surface area (Å²) in [5.74, 6) is 0. The largest absolute Gasteiger partial charge is 0.375 e. The van der Waals surface area contributed by atoms with Crippen LogP contribution in [-0.4, -0.2) is 0 Å². The molecule has 18 heavy (non-hydrogen) atoms. The first-order valence-corrected chi connectivity index (χ1v) is 7.88. The predicted octanol–water partition coefficient (Wildman–Crippen LogP) is 6.64. The van der Waals surface area contributed by atoms with Gasteiger partial charge in [-0.2, -0.15) is 0 Å². The molecule has 0 aliphatic heterocycles. The average molecular weight is 386 g/mol. The minimum atomic E-state index is 0.123. The number of halogens is 4. The molecule has 0 aliphatic rings. The standard InChI is InChI=1S/C12H9BrCl3NS/c1-6(10-2-3-11(13)18-10)17-12-8(15)4-7(14)5-9(12)16/h2-6,17H,1H3. The zero-order chi connectivity index (χ0) is 13.3. The van der Waals surface area contributed by atoms with Crippen LogP contribution in [0.25, 0.3) is 0 Å². The number of rotatable bonds is 3. The van der Waals surface area contributed by atoms with Crippen molar-refractivity contribution in [2.24, 2.45) is 0 Å². The van der Waals surface area contributed by atoms with Gasteiger partial charge in [-0.3, -0.25) is 0 Å². The Hall–Kier alpha value is 0.0700. The van der Waals surface area contributed by atoms with Crippen molar-refractivity contribution in [2.75, 3.05) is 5.32 Å². The van der Waals surface area contributed by atoms with Crippen LogP contribution >= 0.6 is 62.1 Å². The number of thiophene rings is 1. The van der Waals surface area contributed by atoms with Gasteiger partial charge in [-0.15, -0.1) is 11.3 Å². The Labute approximate surface area is 133 Å². The molecule has 6 heteroatoms. The Kier molecular flexibility index (Phi) is 4.84. The van der Waals surface area contributed by atoms with E-state index in [0.717, 1.165) is 3.79 Å². The van der Waals surface area contributed by atoms with Gasteiger partial charge in [-0.25, -0.2) is 0 Å². The fourth-order valence-electron chi connectivity index (χ4n) is 1.53. The summed E-state index contributed by atoms with van der Waals surface area (Å²) >= 11 is 23.3. The zero-order valence-corrected chi connectivity index (χ0v) is 14.0. The molecular weight excluding hydrogens is 376 g/mol. The highest BCUT2D eigenvalue weighted by atomic mass is 79.9. The molecule has 2 rings (SSSR count). The lowest BCUT2D eigenvalue weighted by atomic mass is 10.2. The molecule has 0 bridgehead atoms. The SMILES string of the molecule is CC(Nc1c(Cl)cc(Cl)cc1Cl)c1ccc(Br)s1. The molecule has 0 radical (unpaired) electrons. The molecule has 0 aliphatic carbocycles. The number of hydrogen-bond donors (Lipinski definition) is 1. The Morgan fingerprint density at radius 3 is 2.28 bits per heavy atom. The van der Waals surface area contributed by atoms with Gasteiger partial charge in [-0.1, -0.05) is 34.8 Å². The highest BCUT2D eigenvalue weighted by molar-refractivity contribution is 9.11. The van der Waals surface area contributed by atoms with Crippen LogP contribution in [0.4, 0.5) is 5.69 Å². The van der Waals surface area contributed by atoms with Crippen molar-refractivity contribution < 1.29 is 0 Å². The molecule has 96 valence electrons. The maximum atomic E-state index is 6.13. The minimum Gasteiger partial charge on any atom is -0.375 e. The molecule has 1 aromatic carbocycles. The maximum Gasteiger partial charge on any atom is 0.0724 e. The number of nitrogens with one attached hydrogen (secondary N) is 1. The van der Waals surface area contributed by atoms with Gasteiger partial charge < -0.3 is 5.32 Å². The number of anilines is 1. The fraction of sp³-hybridized carbons (Fsp3) is 0.167. The Bertz CT molecular complexity index is 547. The summed E-state index contributed by atoms with van der Waals surface area (Å²) in [6.45, 7) is 2.06. The van der Waals surface area contributed by atoms with Crippen molar-refractivity contribution in [1.82, 2.24) is 0 Å². The Morgan fingerprint density at radius 1 is 1.17 bits per heavy atom. The van der Waals surface area contributed by atoms with E-state index in [1.54, 1.807) is 23.5 Å². The van der Waals surface area contributed by atoms with Gasteiger partial charge in [0.25, 0.3) is 0 Å². The van der Waals surface area contributed by atoms with Gasteiger partial charge in [0.05, 0.1) is 25.6 Å². The zero-order valence-electron chi connectivity index (χ0n) is 9.31. The summed E-state index contributed by atoms with van der Waals surface area (Å²) in [5, 5.41) is 4.88. The molecule has 2 aromatic rings. The molecule has 0 spiro atoms. The third-order valence-electron chi connectivity index (χ3n) is 2.39. The molecule has 1 unspecified atom stereocenters. The van der Waals surface area contributed by atoms with Gasteiger partial charge in [0.2, 0.25) is 0 Å². The van der Waals surface area contributed by atoms with Crippen molar-refractivity contribution in [3.63, 3.8) is 0 Å². The molecule has 0 amide bonds. The van der Waals surface area contributed by atoms with E-state index in [0.29, 0.717) is 20.8 Å². The highest BCUT2D eigenvalue weighted by Gasteiger charge is 2.13. The van der Waals surface area contributed by atoms with E-state index in [9.17, 15) is 0 Å². The molecule has 0 saturated carbocycles. The lowest BCUT2D eigenvalue weighted by Crippen LogP contribution is -2.05. The van der Waals surface area contributed by atoms with E-state index < -0.39 is 0 Å². The normalized spacial score (nSPS) is 12.5. The minimum absolute atomic E-state index is 0.123. The number of hydrogen-bond acceptors (Lipinski definition) is 2. The van der Waals surface area contributed by atoms with Crippen LogP contribution in [-0.2, 0) is 0 Å². The van der Waals surface area contributed by atoms with Gasteiger partial charge >= 0.3 is 0 Å². The van der Waals surface area contributed by atoms with Gasteiger partial charge in [-0.05, 0) is 47.1 Å². The molecule has 1 N–H and O–H groups in total. The Morgan fingerprint density at radius 2 is 1.78 bits per heavy atom. The average Bonchev–Trinajstić information content (AvgIpc) is 2.70. The topological polar surface area (TPSA) is 12.0 Å². The lowest BCUT2D eigenvalue weighted by Gasteiger charge is -2.16. The van der Waals surface area contributed by atoms with E-state index in [1.807, 2.05) is 6.07 Å². The summed E-state index contributed by atoms with van der Waals surface area (Å²) in [6.07, 6.45) is 0. The van der Waals surface area contributed by atoms with Crippen molar-refractivity contribution in [2.45, 2.75) is 13.0 Å². The smallest absolute Gasteiger partial charge is 0.0724 e. The first-order chi connectivity index (χ1) is 8.47. The van der Waals surface area contributed by atoms with Crippen LogP contribution < -0.4 is 5.32 Å². The van der Waals surface area contributed by atoms with E-state index >= 15 is 0 Å². The van der Waals surface area contributed by atoms with Crippen molar-refractivity contribution in [3.05, 3.63) is 48.0 Å². The van der Waals surface area contributed by atoms with E-state index in [4.69, 9.17) is 34.8 Å². The van der Waals surface area contributed by atoms with Gasteiger partial charge in [0, 0.05) is 9.90 Å². The second-order valence-corrected chi connectivity index (χ2v) is 7.50. The second kappa shape index (κ2) is 6.02. The summed E-state index contributed by atoms with van der Waals surface area (Å²) < 4.78 is 1.10. The summed E-state index contributed by atoms with van der Waals surface area (Å²) in [7, 11) is 0. The predicted molar refractivity (Wildman–Crippen MR) is 85.5 cm³/mol. The molecule has 1 heterocycles. The van der Waals surface area contributed by atoms with Crippen molar-refractivity contribution in [3.8, 4) is 0 Å². The molecule has 0 fully saturated rings. The van der Waals surface area contributed by atoms with Gasteiger partial charge in [0.15, 0.2) is 0 Å². The molecule has 1 atom stereocenters. The van der Waals surface area contributed by atoms with Crippen molar-refractivity contribution >= 4 is 67.8 Å².